The number of imidazole rings is 1. The maximum atomic E-state index is 10.7. The second-order valence-electron chi connectivity index (χ2n) is 3.34. The highest BCUT2D eigenvalue weighted by Gasteiger charge is 2.13. The molecule has 1 N–H and O–H groups in total. The van der Waals surface area contributed by atoms with Crippen LogP contribution in [0, 0.1) is 13.7 Å². The zero-order chi connectivity index (χ0) is 12.6. The van der Waals surface area contributed by atoms with Crippen molar-refractivity contribution in [1.29, 1.82) is 0 Å². The van der Waals surface area contributed by atoms with E-state index in [1.807, 2.05) is 22.6 Å². The quantitative estimate of drug-likeness (QED) is 0.515. The van der Waals surface area contributed by atoms with Crippen molar-refractivity contribution in [2.75, 3.05) is 0 Å². The van der Waals surface area contributed by atoms with E-state index in [9.17, 15) is 14.9 Å². The van der Waals surface area contributed by atoms with Crippen molar-refractivity contribution >= 4 is 39.9 Å². The molecule has 7 nitrogen and oxygen atoms in total. The maximum absolute atomic E-state index is 10.7. The third kappa shape index (κ3) is 2.35. The number of carbonyl (C=O) groups is 1. The minimum absolute atomic E-state index is 0.0545. The highest BCUT2D eigenvalue weighted by atomic mass is 127. The average Bonchev–Trinajstić information content (AvgIpc) is 2.59. The van der Waals surface area contributed by atoms with Crippen molar-refractivity contribution in [3.05, 3.63) is 37.8 Å². The zero-order valence-electron chi connectivity index (χ0n) is 8.33. The average molecular weight is 347 g/mol. The van der Waals surface area contributed by atoms with Crippen LogP contribution in [0.15, 0.2) is 18.5 Å². The monoisotopic (exact) mass is 347 g/mol. The molecule has 0 aliphatic carbocycles. The van der Waals surface area contributed by atoms with Gasteiger partial charge in [-0.05, 0) is 22.6 Å². The van der Waals surface area contributed by atoms with Gasteiger partial charge in [0, 0.05) is 12.3 Å². The zero-order valence-corrected chi connectivity index (χ0v) is 10.5. The van der Waals surface area contributed by atoms with Crippen LogP contribution in [0.1, 0.15) is 5.69 Å². The number of hydrogen-bond donors (Lipinski definition) is 1. The van der Waals surface area contributed by atoms with Crippen molar-refractivity contribution in [3.8, 4) is 0 Å². The van der Waals surface area contributed by atoms with Crippen LogP contribution >= 0.6 is 22.6 Å². The largest absolute Gasteiger partial charge is 0.481 e. The summed E-state index contributed by atoms with van der Waals surface area (Å²) in [6.45, 7) is 0. The Kier molecular flexibility index (Phi) is 2.96. The number of halogens is 1. The molecule has 2 aromatic rings. The van der Waals surface area contributed by atoms with Gasteiger partial charge in [-0.1, -0.05) is 0 Å². The number of pyridine rings is 1. The number of nitro groups is 1. The summed E-state index contributed by atoms with van der Waals surface area (Å²) in [5.74, 6) is -0.988. The third-order valence-corrected chi connectivity index (χ3v) is 2.88. The minimum Gasteiger partial charge on any atom is -0.481 e. The number of aliphatic carboxylic acids is 1. The van der Waals surface area contributed by atoms with Crippen LogP contribution in [0.2, 0.25) is 0 Å². The molecule has 0 amide bonds. The number of carboxylic acids is 1. The SMILES string of the molecule is O=C(O)Cc1cn2cc([N+](=O)[O-])cc(I)c2n1. The lowest BCUT2D eigenvalue weighted by atomic mass is 10.3. The Balaban J connectivity index is 2.56. The number of carboxylic acid groups (broad SMARTS) is 1. The van der Waals surface area contributed by atoms with Gasteiger partial charge in [-0.15, -0.1) is 0 Å². The van der Waals surface area contributed by atoms with Crippen LogP contribution in [0.4, 0.5) is 5.69 Å². The van der Waals surface area contributed by atoms with Crippen molar-refractivity contribution in [1.82, 2.24) is 9.38 Å². The number of rotatable bonds is 3. The summed E-state index contributed by atoms with van der Waals surface area (Å²) in [6.07, 6.45) is 2.60. The smallest absolute Gasteiger partial charge is 0.309 e. The van der Waals surface area contributed by atoms with Crippen LogP contribution in [-0.2, 0) is 11.2 Å². The molecule has 0 spiro atoms. The molecule has 0 bridgehead atoms. The van der Waals surface area contributed by atoms with Gasteiger partial charge in [0.15, 0.2) is 5.65 Å². The fraction of sp³-hybridized carbons (Fsp3) is 0.111. The predicted molar refractivity (Wildman–Crippen MR) is 65.9 cm³/mol. The van der Waals surface area contributed by atoms with E-state index in [0.717, 1.165) is 0 Å². The molecule has 17 heavy (non-hydrogen) atoms. The van der Waals surface area contributed by atoms with Crippen molar-refractivity contribution in [2.24, 2.45) is 0 Å². The van der Waals surface area contributed by atoms with Gasteiger partial charge < -0.3 is 5.11 Å². The third-order valence-electron chi connectivity index (χ3n) is 2.08. The lowest BCUT2D eigenvalue weighted by Crippen LogP contribution is -1.99. The number of fused-ring (bicyclic) bond motifs is 1. The van der Waals surface area contributed by atoms with Gasteiger partial charge in [-0.3, -0.25) is 19.3 Å². The normalized spacial score (nSPS) is 10.6. The van der Waals surface area contributed by atoms with Gasteiger partial charge in [-0.25, -0.2) is 4.98 Å². The molecule has 0 aromatic carbocycles. The first-order valence-corrected chi connectivity index (χ1v) is 5.58. The van der Waals surface area contributed by atoms with E-state index in [0.29, 0.717) is 14.9 Å². The van der Waals surface area contributed by atoms with Crippen molar-refractivity contribution in [3.63, 3.8) is 0 Å². The molecule has 8 heteroatoms. The van der Waals surface area contributed by atoms with Crippen molar-refractivity contribution < 1.29 is 14.8 Å². The van der Waals surface area contributed by atoms with E-state index < -0.39 is 10.9 Å². The lowest BCUT2D eigenvalue weighted by Gasteiger charge is -1.96. The lowest BCUT2D eigenvalue weighted by molar-refractivity contribution is -0.385. The summed E-state index contributed by atoms with van der Waals surface area (Å²) in [7, 11) is 0. The summed E-state index contributed by atoms with van der Waals surface area (Å²) in [5, 5.41) is 19.3. The van der Waals surface area contributed by atoms with Crippen LogP contribution < -0.4 is 0 Å². The van der Waals surface area contributed by atoms with E-state index in [-0.39, 0.29) is 12.1 Å². The number of nitrogens with zero attached hydrogens (tertiary/aromatic N) is 3. The summed E-state index contributed by atoms with van der Waals surface area (Å²) in [5.41, 5.74) is 0.838. The maximum Gasteiger partial charge on any atom is 0.309 e. The van der Waals surface area contributed by atoms with Gasteiger partial charge in [0.2, 0.25) is 0 Å². The first kappa shape index (κ1) is 11.8. The first-order valence-electron chi connectivity index (χ1n) is 4.50. The van der Waals surface area contributed by atoms with Gasteiger partial charge in [0.05, 0.1) is 26.8 Å². The molecule has 2 heterocycles. The fourth-order valence-electron chi connectivity index (χ4n) is 1.43. The Labute approximate surface area is 108 Å². The van der Waals surface area contributed by atoms with E-state index in [1.165, 1.54) is 22.9 Å². The molecule has 0 saturated heterocycles. The van der Waals surface area contributed by atoms with E-state index >= 15 is 0 Å². The summed E-state index contributed by atoms with van der Waals surface area (Å²) >= 11 is 1.93. The van der Waals surface area contributed by atoms with E-state index in [1.54, 1.807) is 0 Å². The molecule has 0 unspecified atom stereocenters. The minimum atomic E-state index is -0.988. The molecule has 88 valence electrons. The summed E-state index contributed by atoms with van der Waals surface area (Å²) in [4.78, 5) is 24.8. The molecule has 2 aromatic heterocycles. The standard InChI is InChI=1S/C9H6IN3O4/c10-7-2-6(13(16)17)4-12-3-5(1-8(14)15)11-9(7)12/h2-4H,1H2,(H,14,15). The van der Waals surface area contributed by atoms with Gasteiger partial charge in [0.1, 0.15) is 0 Å². The molecule has 2 rings (SSSR count). The first-order chi connectivity index (χ1) is 7.97. The molecule has 0 aliphatic rings. The molecule has 0 fully saturated rings. The van der Waals surface area contributed by atoms with Gasteiger partial charge >= 0.3 is 5.97 Å². The molecule has 0 saturated carbocycles. The molecule has 0 radical (unpaired) electrons. The predicted octanol–water partition coefficient (Wildman–Crippen LogP) is 1.47. The molecule has 0 aliphatic heterocycles. The van der Waals surface area contributed by atoms with E-state index in [2.05, 4.69) is 4.98 Å². The number of hydrogen-bond acceptors (Lipinski definition) is 4. The van der Waals surface area contributed by atoms with Crippen LogP contribution in [0.5, 0.6) is 0 Å². The van der Waals surface area contributed by atoms with E-state index in [4.69, 9.17) is 5.11 Å². The van der Waals surface area contributed by atoms with Crippen LogP contribution in [0.25, 0.3) is 5.65 Å². The number of aromatic nitrogens is 2. The fourth-order valence-corrected chi connectivity index (χ4v) is 2.15. The Morgan fingerprint density at radius 3 is 2.88 bits per heavy atom. The second-order valence-corrected chi connectivity index (χ2v) is 4.50. The Bertz CT molecular complexity index is 622. The topological polar surface area (TPSA) is 97.7 Å². The molecular weight excluding hydrogens is 341 g/mol. The Morgan fingerprint density at radius 2 is 2.29 bits per heavy atom. The molecular formula is C9H6IN3O4. The highest BCUT2D eigenvalue weighted by molar-refractivity contribution is 14.1. The van der Waals surface area contributed by atoms with Crippen LogP contribution in [0.3, 0.4) is 0 Å². The van der Waals surface area contributed by atoms with Crippen LogP contribution in [-0.4, -0.2) is 25.4 Å². The second kappa shape index (κ2) is 4.28. The molecule has 0 atom stereocenters. The van der Waals surface area contributed by atoms with Gasteiger partial charge in [-0.2, -0.15) is 0 Å². The summed E-state index contributed by atoms with van der Waals surface area (Å²) in [6, 6.07) is 1.40. The van der Waals surface area contributed by atoms with Gasteiger partial charge in [0.25, 0.3) is 5.69 Å². The Morgan fingerprint density at radius 1 is 1.59 bits per heavy atom. The highest BCUT2D eigenvalue weighted by Crippen LogP contribution is 2.20. The van der Waals surface area contributed by atoms with Crippen molar-refractivity contribution in [2.45, 2.75) is 6.42 Å². The Hall–Kier alpha value is -1.71. The summed E-state index contributed by atoms with van der Waals surface area (Å²) < 4.78 is 2.08.